The lowest BCUT2D eigenvalue weighted by molar-refractivity contribution is -0.304. The van der Waals surface area contributed by atoms with Gasteiger partial charge in [-0.05, 0) is 5.56 Å². The Morgan fingerprint density at radius 3 is 2.37 bits per heavy atom. The van der Waals surface area contributed by atoms with Gasteiger partial charge in [-0.1, -0.05) is 35.5 Å². The fourth-order valence-electron chi connectivity index (χ4n) is 3.69. The molecule has 14 heteroatoms. The summed E-state index contributed by atoms with van der Waals surface area (Å²) in [6.45, 7) is 3.06. The summed E-state index contributed by atoms with van der Waals surface area (Å²) >= 11 is 0. The number of aromatic nitrogens is 3. The SMILES string of the molecule is CC(=O)OC[C@H]1O[C@H](OCC(=O)NCc2cn(Cc3ccccc3)nn2)[C@H](O)[C@@H](OC(C)=O)[C@@H]1OC(C)=O. The number of hydrogen-bond donors (Lipinski definition) is 2. The number of esters is 3. The van der Waals surface area contributed by atoms with Crippen molar-refractivity contribution in [3.63, 3.8) is 0 Å². The van der Waals surface area contributed by atoms with Gasteiger partial charge in [0, 0.05) is 20.8 Å². The number of hydrogen-bond acceptors (Lipinski definition) is 12. The average Bonchev–Trinajstić information content (AvgIpc) is 3.31. The van der Waals surface area contributed by atoms with E-state index in [0.29, 0.717) is 12.2 Å². The van der Waals surface area contributed by atoms with Crippen LogP contribution in [0.1, 0.15) is 32.0 Å². The third-order valence-electron chi connectivity index (χ3n) is 5.29. The van der Waals surface area contributed by atoms with Crippen LogP contribution < -0.4 is 5.32 Å². The summed E-state index contributed by atoms with van der Waals surface area (Å²) in [5, 5.41) is 21.4. The summed E-state index contributed by atoms with van der Waals surface area (Å²) < 4.78 is 28.0. The van der Waals surface area contributed by atoms with Crippen molar-refractivity contribution < 1.29 is 48.0 Å². The van der Waals surface area contributed by atoms with Crippen LogP contribution >= 0.6 is 0 Å². The Morgan fingerprint density at radius 1 is 1.03 bits per heavy atom. The zero-order chi connectivity index (χ0) is 27.7. The number of nitrogens with one attached hydrogen (secondary N) is 1. The molecule has 3 rings (SSSR count). The van der Waals surface area contributed by atoms with Crippen molar-refractivity contribution in [2.75, 3.05) is 13.2 Å². The van der Waals surface area contributed by atoms with Gasteiger partial charge in [0.05, 0.1) is 19.3 Å². The highest BCUT2D eigenvalue weighted by atomic mass is 16.7. The molecule has 1 aromatic heterocycles. The first kappa shape index (κ1) is 28.7. The number of rotatable bonds is 11. The molecule has 1 aliphatic rings. The summed E-state index contributed by atoms with van der Waals surface area (Å²) in [5.41, 5.74) is 1.56. The number of carbonyl (C=O) groups is 4. The highest BCUT2D eigenvalue weighted by Crippen LogP contribution is 2.27. The fraction of sp³-hybridized carbons (Fsp3) is 0.500. The second-order valence-corrected chi connectivity index (χ2v) is 8.46. The molecular weight excluding hydrogens is 504 g/mol. The van der Waals surface area contributed by atoms with Crippen molar-refractivity contribution in [1.82, 2.24) is 20.3 Å². The number of carbonyl (C=O) groups excluding carboxylic acids is 4. The van der Waals surface area contributed by atoms with E-state index in [-0.39, 0.29) is 13.2 Å². The Morgan fingerprint density at radius 2 is 1.71 bits per heavy atom. The number of aliphatic hydroxyl groups is 1. The maximum Gasteiger partial charge on any atom is 0.303 e. The monoisotopic (exact) mass is 534 g/mol. The topological polar surface area (TPSA) is 177 Å². The van der Waals surface area contributed by atoms with Crippen LogP contribution in [0.4, 0.5) is 0 Å². The molecule has 0 bridgehead atoms. The van der Waals surface area contributed by atoms with E-state index in [1.807, 2.05) is 30.3 Å². The lowest BCUT2D eigenvalue weighted by atomic mass is 9.98. The molecule has 1 fully saturated rings. The third kappa shape index (κ3) is 8.61. The van der Waals surface area contributed by atoms with Gasteiger partial charge >= 0.3 is 17.9 Å². The minimum atomic E-state index is -1.62. The number of benzene rings is 1. The second kappa shape index (κ2) is 13.6. The van der Waals surface area contributed by atoms with Gasteiger partial charge in [0.2, 0.25) is 5.91 Å². The summed E-state index contributed by atoms with van der Waals surface area (Å²) in [7, 11) is 0. The largest absolute Gasteiger partial charge is 0.463 e. The zero-order valence-electron chi connectivity index (χ0n) is 21.1. The van der Waals surface area contributed by atoms with Crippen LogP contribution in [-0.4, -0.2) is 87.8 Å². The van der Waals surface area contributed by atoms with E-state index >= 15 is 0 Å². The summed E-state index contributed by atoms with van der Waals surface area (Å²) in [6, 6.07) is 9.67. The molecule has 2 heterocycles. The molecule has 38 heavy (non-hydrogen) atoms. The van der Waals surface area contributed by atoms with Gasteiger partial charge in [-0.15, -0.1) is 5.10 Å². The van der Waals surface area contributed by atoms with E-state index in [9.17, 15) is 24.3 Å². The molecule has 1 aromatic carbocycles. The summed E-state index contributed by atoms with van der Waals surface area (Å²) in [4.78, 5) is 46.9. The van der Waals surface area contributed by atoms with Gasteiger partial charge in [-0.25, -0.2) is 4.68 Å². The van der Waals surface area contributed by atoms with Gasteiger partial charge in [-0.3, -0.25) is 19.2 Å². The van der Waals surface area contributed by atoms with Crippen molar-refractivity contribution in [2.24, 2.45) is 0 Å². The molecule has 1 aliphatic heterocycles. The molecule has 2 N–H and O–H groups in total. The Hall–Kier alpha value is -3.88. The van der Waals surface area contributed by atoms with E-state index in [1.54, 1.807) is 10.9 Å². The summed E-state index contributed by atoms with van der Waals surface area (Å²) in [5.74, 6) is -2.70. The van der Waals surface area contributed by atoms with Gasteiger partial charge in [-0.2, -0.15) is 0 Å². The molecule has 0 unspecified atom stereocenters. The van der Waals surface area contributed by atoms with Crippen LogP contribution in [0.2, 0.25) is 0 Å². The van der Waals surface area contributed by atoms with Crippen LogP contribution in [0.5, 0.6) is 0 Å². The first-order valence-electron chi connectivity index (χ1n) is 11.7. The predicted molar refractivity (Wildman–Crippen MR) is 126 cm³/mol. The number of amides is 1. The second-order valence-electron chi connectivity index (χ2n) is 8.46. The Balaban J connectivity index is 1.57. The van der Waals surface area contributed by atoms with Crippen LogP contribution in [0.25, 0.3) is 0 Å². The van der Waals surface area contributed by atoms with Crippen molar-refractivity contribution in [3.05, 3.63) is 47.8 Å². The van der Waals surface area contributed by atoms with Crippen molar-refractivity contribution in [2.45, 2.75) is 64.6 Å². The molecule has 14 nitrogen and oxygen atoms in total. The van der Waals surface area contributed by atoms with Crippen molar-refractivity contribution in [1.29, 1.82) is 0 Å². The molecule has 1 saturated heterocycles. The minimum absolute atomic E-state index is 0.0741. The normalized spacial score (nSPS) is 22.8. The average molecular weight is 535 g/mol. The highest BCUT2D eigenvalue weighted by Gasteiger charge is 2.50. The van der Waals surface area contributed by atoms with E-state index in [0.717, 1.165) is 19.4 Å². The molecule has 0 radical (unpaired) electrons. The lowest BCUT2D eigenvalue weighted by Gasteiger charge is -2.42. The maximum absolute atomic E-state index is 12.4. The quantitative estimate of drug-likeness (QED) is 0.279. The van der Waals surface area contributed by atoms with Crippen LogP contribution in [0, 0.1) is 0 Å². The van der Waals surface area contributed by atoms with Crippen molar-refractivity contribution >= 4 is 23.8 Å². The molecule has 2 aromatic rings. The number of aliphatic hydroxyl groups excluding tert-OH is 1. The smallest absolute Gasteiger partial charge is 0.303 e. The molecular formula is C24H30N4O10. The Labute approximate surface area is 218 Å². The first-order valence-corrected chi connectivity index (χ1v) is 11.7. The minimum Gasteiger partial charge on any atom is -0.463 e. The van der Waals surface area contributed by atoms with Crippen LogP contribution in [-0.2, 0) is 56.0 Å². The first-order chi connectivity index (χ1) is 18.1. The molecule has 0 saturated carbocycles. The molecule has 0 spiro atoms. The fourth-order valence-corrected chi connectivity index (χ4v) is 3.69. The highest BCUT2D eigenvalue weighted by molar-refractivity contribution is 5.77. The van der Waals surface area contributed by atoms with E-state index < -0.39 is 61.1 Å². The third-order valence-corrected chi connectivity index (χ3v) is 5.29. The molecule has 0 aliphatic carbocycles. The number of nitrogens with zero attached hydrogens (tertiary/aromatic N) is 3. The van der Waals surface area contributed by atoms with E-state index in [4.69, 9.17) is 23.7 Å². The van der Waals surface area contributed by atoms with Gasteiger partial charge < -0.3 is 34.1 Å². The van der Waals surface area contributed by atoms with Gasteiger partial charge in [0.25, 0.3) is 0 Å². The van der Waals surface area contributed by atoms with Gasteiger partial charge in [0.15, 0.2) is 18.5 Å². The van der Waals surface area contributed by atoms with Crippen LogP contribution in [0.15, 0.2) is 36.5 Å². The Bertz CT molecular complexity index is 1110. The predicted octanol–water partition coefficient (Wildman–Crippen LogP) is -0.528. The van der Waals surface area contributed by atoms with Gasteiger partial charge in [0.1, 0.15) is 31.1 Å². The van der Waals surface area contributed by atoms with E-state index in [2.05, 4.69) is 15.6 Å². The molecule has 1 amide bonds. The standard InChI is InChI=1S/C24H30N4O10/c1-14(29)34-12-19-22(36-15(2)30)23(37-16(3)31)21(33)24(38-19)35-13-20(32)25-9-18-11-28(27-26-18)10-17-7-5-4-6-8-17/h4-8,11,19,21-24,33H,9-10,12-13H2,1-3H3,(H,25,32)/t19-,21-,22-,23-,24+/m1/s1. The van der Waals surface area contributed by atoms with Crippen molar-refractivity contribution in [3.8, 4) is 0 Å². The molecule has 206 valence electrons. The zero-order valence-corrected chi connectivity index (χ0v) is 21.1. The Kier molecular flexibility index (Phi) is 10.3. The number of ether oxygens (including phenoxy) is 5. The van der Waals surface area contributed by atoms with E-state index in [1.165, 1.54) is 6.92 Å². The summed E-state index contributed by atoms with van der Waals surface area (Å²) in [6.07, 6.45) is -5.24. The molecule has 5 atom stereocenters. The maximum atomic E-state index is 12.4. The van der Waals surface area contributed by atoms with Crippen LogP contribution in [0.3, 0.4) is 0 Å². The lowest BCUT2D eigenvalue weighted by Crippen LogP contribution is -2.62.